The average molecular weight is 223 g/mol. The molecule has 0 aliphatic rings. The first-order chi connectivity index (χ1) is 7.41. The molecule has 1 heterocycles. The molecular formula is C13H25N3. The molecule has 0 radical (unpaired) electrons. The first kappa shape index (κ1) is 13.1. The largest absolute Gasteiger partial charge is 0.384 e. The van der Waals surface area contributed by atoms with E-state index in [9.17, 15) is 0 Å². The summed E-state index contributed by atoms with van der Waals surface area (Å²) in [6.07, 6.45) is 3.16. The smallest absolute Gasteiger partial charge is 0.126 e. The predicted octanol–water partition coefficient (Wildman–Crippen LogP) is 3.13. The second-order valence-electron chi connectivity index (χ2n) is 5.42. The molecule has 0 aromatic carbocycles. The number of aromatic nitrogens is 2. The summed E-state index contributed by atoms with van der Waals surface area (Å²) in [6.45, 7) is 11.9. The fourth-order valence-electron chi connectivity index (χ4n) is 1.96. The molecule has 0 amide bonds. The van der Waals surface area contributed by atoms with Crippen molar-refractivity contribution in [3.63, 3.8) is 0 Å². The van der Waals surface area contributed by atoms with Gasteiger partial charge in [0, 0.05) is 12.0 Å². The van der Waals surface area contributed by atoms with Crippen LogP contribution in [0.15, 0.2) is 0 Å². The maximum absolute atomic E-state index is 6.17. The Bertz CT molecular complexity index is 345. The Morgan fingerprint density at radius 1 is 1.19 bits per heavy atom. The maximum atomic E-state index is 6.17. The third-order valence-electron chi connectivity index (χ3n) is 2.69. The minimum Gasteiger partial charge on any atom is -0.384 e. The van der Waals surface area contributed by atoms with Crippen molar-refractivity contribution in [2.24, 2.45) is 0 Å². The van der Waals surface area contributed by atoms with Gasteiger partial charge in [-0.25, -0.2) is 4.98 Å². The van der Waals surface area contributed by atoms with Gasteiger partial charge in [0.15, 0.2) is 0 Å². The zero-order valence-electron chi connectivity index (χ0n) is 11.3. The van der Waals surface area contributed by atoms with Gasteiger partial charge in [0.2, 0.25) is 0 Å². The quantitative estimate of drug-likeness (QED) is 0.852. The van der Waals surface area contributed by atoms with E-state index in [-0.39, 0.29) is 5.41 Å². The summed E-state index contributed by atoms with van der Waals surface area (Å²) >= 11 is 0. The number of hydrogen-bond donors (Lipinski definition) is 1. The van der Waals surface area contributed by atoms with E-state index in [0.717, 1.165) is 43.1 Å². The average Bonchev–Trinajstić information content (AvgIpc) is 2.47. The Labute approximate surface area is 99.1 Å². The second kappa shape index (κ2) is 4.89. The Balaban J connectivity index is 3.20. The number of nitrogens with two attached hydrogens (primary N) is 1. The zero-order chi connectivity index (χ0) is 12.3. The SMILES string of the molecule is CCCc1nc(C(C)(C)C)n(CCC)c1N. The zero-order valence-corrected chi connectivity index (χ0v) is 11.3. The van der Waals surface area contributed by atoms with Gasteiger partial charge in [-0.05, 0) is 12.8 Å². The van der Waals surface area contributed by atoms with Crippen LogP contribution in [0, 0.1) is 0 Å². The van der Waals surface area contributed by atoms with Crippen LogP contribution in [0.1, 0.15) is 59.0 Å². The second-order valence-corrected chi connectivity index (χ2v) is 5.42. The number of aryl methyl sites for hydroxylation is 1. The molecule has 0 bridgehead atoms. The normalized spacial score (nSPS) is 12.1. The summed E-state index contributed by atoms with van der Waals surface area (Å²) in [6, 6.07) is 0. The van der Waals surface area contributed by atoms with E-state index in [1.54, 1.807) is 0 Å². The molecule has 3 heteroatoms. The van der Waals surface area contributed by atoms with E-state index < -0.39 is 0 Å². The highest BCUT2D eigenvalue weighted by Crippen LogP contribution is 2.26. The first-order valence-electron chi connectivity index (χ1n) is 6.27. The van der Waals surface area contributed by atoms with E-state index in [2.05, 4.69) is 39.2 Å². The molecule has 1 rings (SSSR count). The molecule has 2 N–H and O–H groups in total. The number of nitrogens with zero attached hydrogens (tertiary/aromatic N) is 2. The van der Waals surface area contributed by atoms with Crippen LogP contribution < -0.4 is 5.73 Å². The lowest BCUT2D eigenvalue weighted by Gasteiger charge is -2.19. The van der Waals surface area contributed by atoms with Crippen LogP contribution >= 0.6 is 0 Å². The van der Waals surface area contributed by atoms with Crippen LogP contribution in [0.3, 0.4) is 0 Å². The standard InChI is InChI=1S/C13H25N3/c1-6-8-10-11(14)16(9-7-2)12(15-10)13(3,4)5/h6-9,14H2,1-5H3. The number of hydrogen-bond acceptors (Lipinski definition) is 2. The third kappa shape index (κ3) is 2.57. The number of anilines is 1. The van der Waals surface area contributed by atoms with Crippen molar-refractivity contribution >= 4 is 5.82 Å². The topological polar surface area (TPSA) is 43.8 Å². The van der Waals surface area contributed by atoms with E-state index in [1.807, 2.05) is 0 Å². The van der Waals surface area contributed by atoms with Crippen LogP contribution in [0.5, 0.6) is 0 Å². The van der Waals surface area contributed by atoms with Crippen molar-refractivity contribution in [2.45, 2.75) is 65.8 Å². The van der Waals surface area contributed by atoms with Crippen LogP contribution in [0.25, 0.3) is 0 Å². The molecule has 0 spiro atoms. The van der Waals surface area contributed by atoms with Crippen molar-refractivity contribution in [1.82, 2.24) is 9.55 Å². The predicted molar refractivity (Wildman–Crippen MR) is 69.6 cm³/mol. The van der Waals surface area contributed by atoms with Gasteiger partial charge in [0.25, 0.3) is 0 Å². The maximum Gasteiger partial charge on any atom is 0.126 e. The molecule has 92 valence electrons. The van der Waals surface area contributed by atoms with Gasteiger partial charge in [-0.1, -0.05) is 41.0 Å². The first-order valence-corrected chi connectivity index (χ1v) is 6.27. The fourth-order valence-corrected chi connectivity index (χ4v) is 1.96. The number of rotatable bonds is 4. The molecule has 0 aliphatic heterocycles. The minimum atomic E-state index is 0.0648. The van der Waals surface area contributed by atoms with Gasteiger partial charge in [-0.2, -0.15) is 0 Å². The Kier molecular flexibility index (Phi) is 4.00. The van der Waals surface area contributed by atoms with E-state index >= 15 is 0 Å². The molecule has 0 fully saturated rings. The van der Waals surface area contributed by atoms with Crippen molar-refractivity contribution in [1.29, 1.82) is 0 Å². The molecule has 16 heavy (non-hydrogen) atoms. The van der Waals surface area contributed by atoms with Crippen molar-refractivity contribution < 1.29 is 0 Å². The van der Waals surface area contributed by atoms with E-state index in [0.29, 0.717) is 0 Å². The summed E-state index contributed by atoms with van der Waals surface area (Å²) in [5.74, 6) is 1.99. The molecule has 0 saturated heterocycles. The highest BCUT2D eigenvalue weighted by Gasteiger charge is 2.23. The highest BCUT2D eigenvalue weighted by atomic mass is 15.1. The Hall–Kier alpha value is -0.990. The lowest BCUT2D eigenvalue weighted by Crippen LogP contribution is -2.19. The number of imidazole rings is 1. The van der Waals surface area contributed by atoms with Crippen molar-refractivity contribution in [3.8, 4) is 0 Å². The molecule has 0 aliphatic carbocycles. The van der Waals surface area contributed by atoms with E-state index in [1.165, 1.54) is 0 Å². The monoisotopic (exact) mass is 223 g/mol. The summed E-state index contributed by atoms with van der Waals surface area (Å²) in [7, 11) is 0. The number of nitrogen functional groups attached to an aromatic ring is 1. The lowest BCUT2D eigenvalue weighted by molar-refractivity contribution is 0.497. The van der Waals surface area contributed by atoms with Gasteiger partial charge < -0.3 is 10.3 Å². The van der Waals surface area contributed by atoms with E-state index in [4.69, 9.17) is 10.7 Å². The summed E-state index contributed by atoms with van der Waals surface area (Å²) in [5, 5.41) is 0. The van der Waals surface area contributed by atoms with Gasteiger partial charge in [0.1, 0.15) is 11.6 Å². The minimum absolute atomic E-state index is 0.0648. The third-order valence-corrected chi connectivity index (χ3v) is 2.69. The van der Waals surface area contributed by atoms with Crippen LogP contribution in [0.4, 0.5) is 5.82 Å². The molecule has 0 unspecified atom stereocenters. The summed E-state index contributed by atoms with van der Waals surface area (Å²) in [4.78, 5) is 4.73. The van der Waals surface area contributed by atoms with Gasteiger partial charge in [-0.15, -0.1) is 0 Å². The van der Waals surface area contributed by atoms with Crippen LogP contribution in [0.2, 0.25) is 0 Å². The Morgan fingerprint density at radius 2 is 1.81 bits per heavy atom. The van der Waals surface area contributed by atoms with Crippen molar-refractivity contribution in [2.75, 3.05) is 5.73 Å². The molecule has 1 aromatic heterocycles. The molecule has 0 atom stereocenters. The lowest BCUT2D eigenvalue weighted by atomic mass is 9.95. The van der Waals surface area contributed by atoms with Crippen molar-refractivity contribution in [3.05, 3.63) is 11.5 Å². The summed E-state index contributed by atoms with van der Waals surface area (Å²) in [5.41, 5.74) is 7.31. The Morgan fingerprint density at radius 3 is 2.25 bits per heavy atom. The molecule has 1 aromatic rings. The molecular weight excluding hydrogens is 198 g/mol. The summed E-state index contributed by atoms with van der Waals surface area (Å²) < 4.78 is 2.19. The fraction of sp³-hybridized carbons (Fsp3) is 0.769. The highest BCUT2D eigenvalue weighted by molar-refractivity contribution is 5.39. The molecule has 0 saturated carbocycles. The van der Waals surface area contributed by atoms with Crippen LogP contribution in [-0.4, -0.2) is 9.55 Å². The van der Waals surface area contributed by atoms with Gasteiger partial charge in [0.05, 0.1) is 5.69 Å². The van der Waals surface area contributed by atoms with Crippen LogP contribution in [-0.2, 0) is 18.4 Å². The molecule has 3 nitrogen and oxygen atoms in total. The van der Waals surface area contributed by atoms with Gasteiger partial charge >= 0.3 is 0 Å². The van der Waals surface area contributed by atoms with Gasteiger partial charge in [-0.3, -0.25) is 0 Å².